The molecule has 0 spiro atoms. The van der Waals surface area contributed by atoms with Gasteiger partial charge in [0.2, 0.25) is 5.91 Å². The average Bonchev–Trinajstić information content (AvgIpc) is 2.75. The normalized spacial score (nSPS) is 10.3. The van der Waals surface area contributed by atoms with Crippen LogP contribution < -0.4 is 10.6 Å². The Balaban J connectivity index is 2.04. The molecule has 2 N–H and O–H groups in total. The number of nitrogens with one attached hydrogen (secondary N) is 2. The van der Waals surface area contributed by atoms with Crippen LogP contribution >= 0.6 is 11.3 Å². The number of aryl methyl sites for hydroxylation is 2. The molecule has 2 rings (SSSR count). The van der Waals surface area contributed by atoms with Crippen molar-refractivity contribution in [2.24, 2.45) is 0 Å². The Kier molecular flexibility index (Phi) is 4.22. The number of anilines is 2. The molecule has 1 amide bonds. The zero-order valence-electron chi connectivity index (χ0n) is 11.4. The largest absolute Gasteiger partial charge is 0.380 e. The molecule has 100 valence electrons. The highest BCUT2D eigenvalue weighted by atomic mass is 32.1. The van der Waals surface area contributed by atoms with Crippen LogP contribution in [-0.4, -0.2) is 5.91 Å². The van der Waals surface area contributed by atoms with Gasteiger partial charge in [0.1, 0.15) is 0 Å². The number of hydrogen-bond donors (Lipinski definition) is 2. The molecule has 3 nitrogen and oxygen atoms in total. The van der Waals surface area contributed by atoms with Crippen LogP contribution in [0.3, 0.4) is 0 Å². The summed E-state index contributed by atoms with van der Waals surface area (Å²) >= 11 is 1.77. The van der Waals surface area contributed by atoms with Crippen LogP contribution in [-0.2, 0) is 11.3 Å². The fraction of sp³-hybridized carbons (Fsp3) is 0.267. The van der Waals surface area contributed by atoms with Gasteiger partial charge in [-0.25, -0.2) is 0 Å². The highest BCUT2D eigenvalue weighted by Gasteiger charge is 2.03. The van der Waals surface area contributed by atoms with Gasteiger partial charge in [-0.1, -0.05) is 0 Å². The first-order valence-corrected chi connectivity index (χ1v) is 7.09. The molecule has 1 aromatic heterocycles. The number of hydrogen-bond acceptors (Lipinski definition) is 3. The Morgan fingerprint density at radius 2 is 2.00 bits per heavy atom. The maximum absolute atomic E-state index is 11.0. The molecule has 0 saturated carbocycles. The first kappa shape index (κ1) is 13.6. The van der Waals surface area contributed by atoms with Crippen molar-refractivity contribution in [3.63, 3.8) is 0 Å². The number of thiophene rings is 1. The summed E-state index contributed by atoms with van der Waals surface area (Å²) in [5, 5.41) is 8.33. The maximum atomic E-state index is 11.0. The van der Waals surface area contributed by atoms with E-state index in [1.807, 2.05) is 25.1 Å². The minimum Gasteiger partial charge on any atom is -0.380 e. The third-order valence-corrected chi connectivity index (χ3v) is 3.98. The lowest BCUT2D eigenvalue weighted by molar-refractivity contribution is -0.114. The zero-order chi connectivity index (χ0) is 13.8. The van der Waals surface area contributed by atoms with Gasteiger partial charge < -0.3 is 10.6 Å². The van der Waals surface area contributed by atoms with E-state index in [0.717, 1.165) is 23.5 Å². The molecule has 0 aliphatic heterocycles. The molecule has 0 fully saturated rings. The van der Waals surface area contributed by atoms with Crippen molar-refractivity contribution >= 4 is 28.6 Å². The van der Waals surface area contributed by atoms with E-state index in [-0.39, 0.29) is 5.91 Å². The van der Waals surface area contributed by atoms with Gasteiger partial charge in [0.25, 0.3) is 0 Å². The standard InChI is InChI=1S/C15H18N2OS/c1-10-6-7-19-15(10)9-16-13-4-5-14(11(2)8-13)17-12(3)18/h4-8,16H,9H2,1-3H3,(H,17,18). The Bertz CT molecular complexity index is 590. The van der Waals surface area contributed by atoms with Crippen LogP contribution in [0.5, 0.6) is 0 Å². The number of carbonyl (C=O) groups excluding carboxylic acids is 1. The predicted octanol–water partition coefficient (Wildman–Crippen LogP) is 3.94. The Hall–Kier alpha value is -1.81. The van der Waals surface area contributed by atoms with Gasteiger partial charge >= 0.3 is 0 Å². The minimum atomic E-state index is -0.0435. The third-order valence-electron chi connectivity index (χ3n) is 2.96. The number of benzene rings is 1. The Labute approximate surface area is 117 Å². The molecule has 0 aliphatic carbocycles. The summed E-state index contributed by atoms with van der Waals surface area (Å²) in [6.45, 7) is 6.47. The molecule has 2 aromatic rings. The summed E-state index contributed by atoms with van der Waals surface area (Å²) in [5.41, 5.74) is 4.32. The van der Waals surface area contributed by atoms with Gasteiger partial charge in [0.05, 0.1) is 0 Å². The molecule has 0 radical (unpaired) electrons. The molecule has 19 heavy (non-hydrogen) atoms. The van der Waals surface area contributed by atoms with Crippen LogP contribution in [0.15, 0.2) is 29.6 Å². The second kappa shape index (κ2) is 5.89. The first-order valence-electron chi connectivity index (χ1n) is 6.21. The fourth-order valence-electron chi connectivity index (χ4n) is 1.87. The summed E-state index contributed by atoms with van der Waals surface area (Å²) in [4.78, 5) is 12.4. The van der Waals surface area contributed by atoms with Crippen molar-refractivity contribution in [3.05, 3.63) is 45.6 Å². The molecule has 0 aliphatic rings. The highest BCUT2D eigenvalue weighted by Crippen LogP contribution is 2.22. The van der Waals surface area contributed by atoms with Gasteiger partial charge in [-0.2, -0.15) is 0 Å². The van der Waals surface area contributed by atoms with E-state index in [1.54, 1.807) is 11.3 Å². The van der Waals surface area contributed by atoms with Gasteiger partial charge in [-0.15, -0.1) is 11.3 Å². The van der Waals surface area contributed by atoms with Crippen molar-refractivity contribution in [1.82, 2.24) is 0 Å². The fourth-order valence-corrected chi connectivity index (χ4v) is 2.72. The topological polar surface area (TPSA) is 41.1 Å². The highest BCUT2D eigenvalue weighted by molar-refractivity contribution is 7.10. The quantitative estimate of drug-likeness (QED) is 0.886. The van der Waals surface area contributed by atoms with Crippen LogP contribution in [0.4, 0.5) is 11.4 Å². The van der Waals surface area contributed by atoms with E-state index in [0.29, 0.717) is 0 Å². The van der Waals surface area contributed by atoms with E-state index in [4.69, 9.17) is 0 Å². The predicted molar refractivity (Wildman–Crippen MR) is 81.9 cm³/mol. The summed E-state index contributed by atoms with van der Waals surface area (Å²) in [5.74, 6) is -0.0435. The molecule has 0 bridgehead atoms. The minimum absolute atomic E-state index is 0.0435. The summed E-state index contributed by atoms with van der Waals surface area (Å²) in [6, 6.07) is 8.10. The lowest BCUT2D eigenvalue weighted by Crippen LogP contribution is -2.07. The van der Waals surface area contributed by atoms with E-state index < -0.39 is 0 Å². The smallest absolute Gasteiger partial charge is 0.221 e. The zero-order valence-corrected chi connectivity index (χ0v) is 12.2. The van der Waals surface area contributed by atoms with Crippen LogP contribution in [0.25, 0.3) is 0 Å². The van der Waals surface area contributed by atoms with Crippen molar-refractivity contribution in [1.29, 1.82) is 0 Å². The average molecular weight is 274 g/mol. The number of amides is 1. The van der Waals surface area contributed by atoms with E-state index in [9.17, 15) is 4.79 Å². The Morgan fingerprint density at radius 3 is 2.58 bits per heavy atom. The van der Waals surface area contributed by atoms with Crippen LogP contribution in [0.2, 0.25) is 0 Å². The summed E-state index contributed by atoms with van der Waals surface area (Å²) in [6.07, 6.45) is 0. The SMILES string of the molecule is CC(=O)Nc1ccc(NCc2sccc2C)cc1C. The van der Waals surface area contributed by atoms with Gasteiger partial charge in [0.15, 0.2) is 0 Å². The maximum Gasteiger partial charge on any atom is 0.221 e. The van der Waals surface area contributed by atoms with Crippen molar-refractivity contribution < 1.29 is 4.79 Å². The molecule has 1 heterocycles. The summed E-state index contributed by atoms with van der Waals surface area (Å²) in [7, 11) is 0. The molecule has 0 saturated heterocycles. The second-order valence-electron chi connectivity index (χ2n) is 4.59. The van der Waals surface area contributed by atoms with Crippen molar-refractivity contribution in [3.8, 4) is 0 Å². The van der Waals surface area contributed by atoms with Crippen molar-refractivity contribution in [2.75, 3.05) is 10.6 Å². The molecule has 0 atom stereocenters. The lowest BCUT2D eigenvalue weighted by atomic mass is 10.1. The molecule has 4 heteroatoms. The van der Waals surface area contributed by atoms with Crippen LogP contribution in [0.1, 0.15) is 22.9 Å². The first-order chi connectivity index (χ1) is 9.06. The molecule has 1 aromatic carbocycles. The second-order valence-corrected chi connectivity index (χ2v) is 5.59. The van der Waals surface area contributed by atoms with E-state index in [1.165, 1.54) is 17.4 Å². The van der Waals surface area contributed by atoms with Crippen LogP contribution in [0, 0.1) is 13.8 Å². The molecule has 0 unspecified atom stereocenters. The Morgan fingerprint density at radius 1 is 1.21 bits per heavy atom. The third kappa shape index (κ3) is 3.58. The molecular weight excluding hydrogens is 256 g/mol. The van der Waals surface area contributed by atoms with Gasteiger partial charge in [-0.05, 0) is 54.6 Å². The van der Waals surface area contributed by atoms with Crippen molar-refractivity contribution in [2.45, 2.75) is 27.3 Å². The number of carbonyl (C=O) groups is 1. The lowest BCUT2D eigenvalue weighted by Gasteiger charge is -2.10. The summed E-state index contributed by atoms with van der Waals surface area (Å²) < 4.78 is 0. The van der Waals surface area contributed by atoms with Gasteiger partial charge in [-0.3, -0.25) is 4.79 Å². The molecular formula is C15H18N2OS. The van der Waals surface area contributed by atoms with E-state index in [2.05, 4.69) is 29.0 Å². The van der Waals surface area contributed by atoms with Gasteiger partial charge in [0, 0.05) is 29.7 Å². The van der Waals surface area contributed by atoms with E-state index >= 15 is 0 Å². The number of rotatable bonds is 4. The monoisotopic (exact) mass is 274 g/mol.